The Morgan fingerprint density at radius 1 is 1.03 bits per heavy atom. The highest BCUT2D eigenvalue weighted by Crippen LogP contribution is 2.21. The molecule has 2 amide bonds. The first-order valence-electron chi connectivity index (χ1n) is 10.4. The Balaban J connectivity index is 1.57. The van der Waals surface area contributed by atoms with E-state index in [1.807, 2.05) is 31.2 Å². The molecule has 2 aromatic rings. The number of carbonyl (C=O) groups excluding carboxylic acids is 2. The third kappa shape index (κ3) is 6.38. The van der Waals surface area contributed by atoms with Crippen molar-refractivity contribution in [1.82, 2.24) is 14.9 Å². The van der Waals surface area contributed by atoms with E-state index in [-0.39, 0.29) is 35.2 Å². The SMILES string of the molecule is CC(=O)NC(CC(=O)N1CCC(NS(=O)(=O)c2ccccc2)CC1)c1ccc(C)cc1. The summed E-state index contributed by atoms with van der Waals surface area (Å²) in [4.78, 5) is 26.5. The number of sulfonamides is 1. The number of amides is 2. The lowest BCUT2D eigenvalue weighted by molar-refractivity contribution is -0.133. The number of hydrogen-bond donors (Lipinski definition) is 2. The third-order valence-corrected chi connectivity index (χ3v) is 7.00. The van der Waals surface area contributed by atoms with Gasteiger partial charge in [-0.2, -0.15) is 0 Å². The van der Waals surface area contributed by atoms with Crippen molar-refractivity contribution in [2.45, 2.75) is 50.1 Å². The molecule has 3 rings (SSSR count). The lowest BCUT2D eigenvalue weighted by Gasteiger charge is -2.33. The number of nitrogens with zero attached hydrogens (tertiary/aromatic N) is 1. The van der Waals surface area contributed by atoms with Gasteiger partial charge in [-0.3, -0.25) is 9.59 Å². The zero-order valence-electron chi connectivity index (χ0n) is 17.9. The van der Waals surface area contributed by atoms with Gasteiger partial charge in [0.05, 0.1) is 17.4 Å². The molecule has 0 aromatic heterocycles. The van der Waals surface area contributed by atoms with Gasteiger partial charge in [-0.25, -0.2) is 13.1 Å². The van der Waals surface area contributed by atoms with E-state index in [4.69, 9.17) is 0 Å². The van der Waals surface area contributed by atoms with E-state index in [1.165, 1.54) is 6.92 Å². The Bertz CT molecular complexity index is 999. The summed E-state index contributed by atoms with van der Waals surface area (Å²) in [6.07, 6.45) is 1.27. The molecule has 1 atom stereocenters. The minimum absolute atomic E-state index is 0.0521. The van der Waals surface area contributed by atoms with Crippen molar-refractivity contribution >= 4 is 21.8 Å². The van der Waals surface area contributed by atoms with Crippen LogP contribution in [0.3, 0.4) is 0 Å². The number of rotatable bonds is 7. The van der Waals surface area contributed by atoms with Crippen molar-refractivity contribution in [2.75, 3.05) is 13.1 Å². The quantitative estimate of drug-likeness (QED) is 0.687. The van der Waals surface area contributed by atoms with Gasteiger partial charge in [-0.15, -0.1) is 0 Å². The molecule has 1 unspecified atom stereocenters. The zero-order valence-corrected chi connectivity index (χ0v) is 18.7. The van der Waals surface area contributed by atoms with Crippen molar-refractivity contribution in [3.8, 4) is 0 Å². The van der Waals surface area contributed by atoms with Crippen LogP contribution in [0.25, 0.3) is 0 Å². The Labute approximate surface area is 183 Å². The van der Waals surface area contributed by atoms with Crippen LogP contribution in [0, 0.1) is 6.92 Å². The topological polar surface area (TPSA) is 95.6 Å². The van der Waals surface area contributed by atoms with Crippen LogP contribution in [0.5, 0.6) is 0 Å². The third-order valence-electron chi connectivity index (χ3n) is 5.46. The maximum atomic E-state index is 12.9. The van der Waals surface area contributed by atoms with E-state index >= 15 is 0 Å². The van der Waals surface area contributed by atoms with Gasteiger partial charge < -0.3 is 10.2 Å². The summed E-state index contributed by atoms with van der Waals surface area (Å²) in [7, 11) is -3.57. The molecule has 1 aliphatic rings. The number of likely N-dealkylation sites (tertiary alicyclic amines) is 1. The average Bonchev–Trinajstić information content (AvgIpc) is 2.74. The highest BCUT2D eigenvalue weighted by molar-refractivity contribution is 7.89. The van der Waals surface area contributed by atoms with Crippen LogP contribution in [-0.2, 0) is 19.6 Å². The molecule has 2 N–H and O–H groups in total. The van der Waals surface area contributed by atoms with Crippen LogP contribution < -0.4 is 10.0 Å². The van der Waals surface area contributed by atoms with Gasteiger partial charge in [0.15, 0.2) is 0 Å². The van der Waals surface area contributed by atoms with Crippen molar-refractivity contribution in [3.05, 3.63) is 65.7 Å². The highest BCUT2D eigenvalue weighted by atomic mass is 32.2. The predicted molar refractivity (Wildman–Crippen MR) is 119 cm³/mol. The van der Waals surface area contributed by atoms with E-state index in [9.17, 15) is 18.0 Å². The number of carbonyl (C=O) groups is 2. The Morgan fingerprint density at radius 2 is 1.65 bits per heavy atom. The monoisotopic (exact) mass is 443 g/mol. The molecule has 1 saturated heterocycles. The lowest BCUT2D eigenvalue weighted by atomic mass is 10.00. The van der Waals surface area contributed by atoms with Gasteiger partial charge in [0.1, 0.15) is 0 Å². The van der Waals surface area contributed by atoms with E-state index in [0.29, 0.717) is 25.9 Å². The summed E-state index contributed by atoms with van der Waals surface area (Å²) in [5, 5.41) is 2.87. The van der Waals surface area contributed by atoms with Gasteiger partial charge in [0.2, 0.25) is 21.8 Å². The van der Waals surface area contributed by atoms with Gasteiger partial charge in [0.25, 0.3) is 0 Å². The second-order valence-corrected chi connectivity index (χ2v) is 9.67. The van der Waals surface area contributed by atoms with Crippen molar-refractivity contribution in [3.63, 3.8) is 0 Å². The van der Waals surface area contributed by atoms with Crippen LogP contribution in [0.4, 0.5) is 0 Å². The maximum Gasteiger partial charge on any atom is 0.240 e. The van der Waals surface area contributed by atoms with Crippen molar-refractivity contribution in [1.29, 1.82) is 0 Å². The minimum atomic E-state index is -3.57. The molecule has 31 heavy (non-hydrogen) atoms. The zero-order chi connectivity index (χ0) is 22.4. The van der Waals surface area contributed by atoms with Gasteiger partial charge >= 0.3 is 0 Å². The van der Waals surface area contributed by atoms with Gasteiger partial charge in [0, 0.05) is 26.1 Å². The first-order chi connectivity index (χ1) is 14.7. The summed E-state index contributed by atoms with van der Waals surface area (Å²) < 4.78 is 27.8. The molecule has 0 spiro atoms. The molecule has 0 radical (unpaired) electrons. The molecule has 0 aliphatic carbocycles. The Kier molecular flexibility index (Phi) is 7.46. The molecular weight excluding hydrogens is 414 g/mol. The Morgan fingerprint density at radius 3 is 2.23 bits per heavy atom. The molecule has 166 valence electrons. The smallest absolute Gasteiger partial charge is 0.240 e. The summed E-state index contributed by atoms with van der Waals surface area (Å²) in [6, 6.07) is 15.4. The number of piperidine rings is 1. The number of hydrogen-bond acceptors (Lipinski definition) is 4. The normalized spacial score (nSPS) is 16.0. The summed E-state index contributed by atoms with van der Waals surface area (Å²) in [5.41, 5.74) is 2.00. The fourth-order valence-corrected chi connectivity index (χ4v) is 5.06. The van der Waals surface area contributed by atoms with Crippen molar-refractivity contribution < 1.29 is 18.0 Å². The lowest BCUT2D eigenvalue weighted by Crippen LogP contribution is -2.47. The van der Waals surface area contributed by atoms with Crippen LogP contribution in [0.2, 0.25) is 0 Å². The summed E-state index contributed by atoms with van der Waals surface area (Å²) in [5.74, 6) is -0.240. The first-order valence-corrected chi connectivity index (χ1v) is 11.9. The fraction of sp³-hybridized carbons (Fsp3) is 0.391. The van der Waals surface area contributed by atoms with Crippen LogP contribution in [-0.4, -0.2) is 44.3 Å². The fourth-order valence-electron chi connectivity index (χ4n) is 3.73. The van der Waals surface area contributed by atoms with Crippen LogP contribution in [0.1, 0.15) is 43.4 Å². The second-order valence-electron chi connectivity index (χ2n) is 7.96. The standard InChI is InChI=1S/C23H29N3O4S/c1-17-8-10-19(11-9-17)22(24-18(2)27)16-23(28)26-14-12-20(13-15-26)25-31(29,30)21-6-4-3-5-7-21/h3-11,20,22,25H,12-16H2,1-2H3,(H,24,27). The molecule has 2 aromatic carbocycles. The predicted octanol–water partition coefficient (Wildman–Crippen LogP) is 2.53. The van der Waals surface area contributed by atoms with Crippen molar-refractivity contribution in [2.24, 2.45) is 0 Å². The second kappa shape index (κ2) is 10.1. The Hall–Kier alpha value is -2.71. The van der Waals surface area contributed by atoms with E-state index in [0.717, 1.165) is 11.1 Å². The molecular formula is C23H29N3O4S. The van der Waals surface area contributed by atoms with E-state index in [1.54, 1.807) is 35.2 Å². The highest BCUT2D eigenvalue weighted by Gasteiger charge is 2.28. The molecule has 0 saturated carbocycles. The van der Waals surface area contributed by atoms with Gasteiger partial charge in [-0.1, -0.05) is 48.0 Å². The summed E-state index contributed by atoms with van der Waals surface area (Å²) in [6.45, 7) is 4.37. The number of benzene rings is 2. The molecule has 7 nitrogen and oxygen atoms in total. The summed E-state index contributed by atoms with van der Waals surface area (Å²) >= 11 is 0. The number of nitrogens with one attached hydrogen (secondary N) is 2. The first kappa shape index (κ1) is 23.0. The molecule has 0 bridgehead atoms. The van der Waals surface area contributed by atoms with Crippen LogP contribution >= 0.6 is 0 Å². The largest absolute Gasteiger partial charge is 0.349 e. The number of aryl methyl sites for hydroxylation is 1. The molecule has 1 fully saturated rings. The van der Waals surface area contributed by atoms with Gasteiger partial charge in [-0.05, 0) is 37.5 Å². The van der Waals surface area contributed by atoms with E-state index in [2.05, 4.69) is 10.0 Å². The van der Waals surface area contributed by atoms with E-state index < -0.39 is 10.0 Å². The minimum Gasteiger partial charge on any atom is -0.349 e. The van der Waals surface area contributed by atoms with Crippen LogP contribution in [0.15, 0.2) is 59.5 Å². The molecule has 1 aliphatic heterocycles. The molecule has 8 heteroatoms. The maximum absolute atomic E-state index is 12.9. The molecule has 1 heterocycles. The average molecular weight is 444 g/mol.